The van der Waals surface area contributed by atoms with E-state index in [0.29, 0.717) is 11.4 Å². The molecule has 9 heteroatoms. The zero-order chi connectivity index (χ0) is 20.1. The molecule has 0 spiro atoms. The summed E-state index contributed by atoms with van der Waals surface area (Å²) in [6.45, 7) is 0. The van der Waals surface area contributed by atoms with E-state index in [4.69, 9.17) is 9.26 Å². The van der Waals surface area contributed by atoms with Crippen molar-refractivity contribution in [2.45, 2.75) is 19.0 Å². The smallest absolute Gasteiger partial charge is 0.416 e. The minimum atomic E-state index is -4.46. The quantitative estimate of drug-likeness (QED) is 0.677. The summed E-state index contributed by atoms with van der Waals surface area (Å²) in [4.78, 5) is 16.1. The van der Waals surface area contributed by atoms with E-state index in [0.717, 1.165) is 12.1 Å². The Morgan fingerprint density at radius 3 is 2.61 bits per heavy atom. The standard InChI is InChI=1S/C19H16F3N3O3/c1-27-15-7-5-14(6-8-15)23-16(26)9-10-17-24-18(25-28-17)12-3-2-4-13(11-12)19(20,21)22/h2-8,11H,9-10H2,1H3,(H,23,26). The molecule has 6 nitrogen and oxygen atoms in total. The van der Waals surface area contributed by atoms with Gasteiger partial charge in [-0.25, -0.2) is 0 Å². The van der Waals surface area contributed by atoms with E-state index < -0.39 is 11.7 Å². The van der Waals surface area contributed by atoms with Crippen LogP contribution in [0, 0.1) is 0 Å². The monoisotopic (exact) mass is 391 g/mol. The van der Waals surface area contributed by atoms with Crippen LogP contribution >= 0.6 is 0 Å². The molecule has 2 aromatic carbocycles. The van der Waals surface area contributed by atoms with Gasteiger partial charge in [0.15, 0.2) is 0 Å². The van der Waals surface area contributed by atoms with E-state index in [2.05, 4.69) is 15.5 Å². The predicted octanol–water partition coefficient (Wildman–Crippen LogP) is 4.34. The van der Waals surface area contributed by atoms with Crippen LogP contribution in [-0.2, 0) is 17.4 Å². The van der Waals surface area contributed by atoms with Gasteiger partial charge in [0, 0.05) is 24.1 Å². The maximum Gasteiger partial charge on any atom is 0.416 e. The summed E-state index contributed by atoms with van der Waals surface area (Å²) in [5.41, 5.74) is 0.00344. The lowest BCUT2D eigenvalue weighted by molar-refractivity contribution is -0.137. The number of halogens is 3. The summed E-state index contributed by atoms with van der Waals surface area (Å²) in [6, 6.07) is 11.5. The summed E-state index contributed by atoms with van der Waals surface area (Å²) < 4.78 is 48.5. The minimum absolute atomic E-state index is 0.0386. The molecule has 1 amide bonds. The average Bonchev–Trinajstić information content (AvgIpc) is 3.16. The zero-order valence-electron chi connectivity index (χ0n) is 14.8. The number of alkyl halides is 3. The summed E-state index contributed by atoms with van der Waals surface area (Å²) in [6.07, 6.45) is -4.22. The van der Waals surface area contributed by atoms with Crippen molar-refractivity contribution in [1.29, 1.82) is 0 Å². The Labute approximate surface area is 158 Å². The highest BCUT2D eigenvalue weighted by molar-refractivity contribution is 5.90. The van der Waals surface area contributed by atoms with E-state index in [-0.39, 0.29) is 36.0 Å². The van der Waals surface area contributed by atoms with E-state index in [9.17, 15) is 18.0 Å². The lowest BCUT2D eigenvalue weighted by Gasteiger charge is -2.06. The van der Waals surface area contributed by atoms with Crippen molar-refractivity contribution in [3.63, 3.8) is 0 Å². The van der Waals surface area contributed by atoms with Gasteiger partial charge in [-0.3, -0.25) is 4.79 Å². The molecule has 3 rings (SSSR count). The third-order valence-electron chi connectivity index (χ3n) is 3.86. The number of ether oxygens (including phenoxy) is 1. The molecule has 0 atom stereocenters. The fourth-order valence-electron chi connectivity index (χ4n) is 2.43. The van der Waals surface area contributed by atoms with Crippen molar-refractivity contribution >= 4 is 11.6 Å². The Balaban J connectivity index is 1.59. The molecule has 0 saturated heterocycles. The number of hydrogen-bond donors (Lipinski definition) is 1. The summed E-state index contributed by atoms with van der Waals surface area (Å²) >= 11 is 0. The SMILES string of the molecule is COc1ccc(NC(=O)CCc2nc(-c3cccc(C(F)(F)F)c3)no2)cc1. The lowest BCUT2D eigenvalue weighted by Crippen LogP contribution is -2.12. The van der Waals surface area contributed by atoms with Crippen LogP contribution in [0.5, 0.6) is 5.75 Å². The lowest BCUT2D eigenvalue weighted by atomic mass is 10.1. The number of carbonyl (C=O) groups is 1. The van der Waals surface area contributed by atoms with Gasteiger partial charge in [-0.2, -0.15) is 18.2 Å². The molecular weight excluding hydrogens is 375 g/mol. The van der Waals surface area contributed by atoms with E-state index in [1.54, 1.807) is 31.4 Å². The largest absolute Gasteiger partial charge is 0.497 e. The van der Waals surface area contributed by atoms with Crippen LogP contribution in [0.15, 0.2) is 53.1 Å². The molecule has 1 aromatic heterocycles. The summed E-state index contributed by atoms with van der Waals surface area (Å²) in [5, 5.41) is 6.41. The van der Waals surface area contributed by atoms with Crippen LogP contribution < -0.4 is 10.1 Å². The van der Waals surface area contributed by atoms with Gasteiger partial charge in [0.25, 0.3) is 0 Å². The topological polar surface area (TPSA) is 77.2 Å². The third-order valence-corrected chi connectivity index (χ3v) is 3.86. The number of aromatic nitrogens is 2. The molecule has 0 radical (unpaired) electrons. The van der Waals surface area contributed by atoms with Crippen molar-refractivity contribution in [3.8, 4) is 17.1 Å². The number of benzene rings is 2. The number of hydrogen-bond acceptors (Lipinski definition) is 5. The number of anilines is 1. The zero-order valence-corrected chi connectivity index (χ0v) is 14.8. The number of carbonyl (C=O) groups excluding carboxylic acids is 1. The molecule has 146 valence electrons. The van der Waals surface area contributed by atoms with Crippen LogP contribution in [0.25, 0.3) is 11.4 Å². The van der Waals surface area contributed by atoms with E-state index in [1.807, 2.05) is 0 Å². The maximum atomic E-state index is 12.8. The number of aryl methyl sites for hydroxylation is 1. The van der Waals surface area contributed by atoms with E-state index >= 15 is 0 Å². The highest BCUT2D eigenvalue weighted by atomic mass is 19.4. The van der Waals surface area contributed by atoms with Crippen LogP contribution in [-0.4, -0.2) is 23.2 Å². The molecule has 3 aromatic rings. The van der Waals surface area contributed by atoms with Gasteiger partial charge >= 0.3 is 6.18 Å². The van der Waals surface area contributed by atoms with Crippen molar-refractivity contribution in [1.82, 2.24) is 10.1 Å². The molecule has 0 aliphatic heterocycles. The molecule has 0 saturated carbocycles. The van der Waals surface area contributed by atoms with Crippen LogP contribution in [0.3, 0.4) is 0 Å². The second-order valence-corrected chi connectivity index (χ2v) is 5.87. The van der Waals surface area contributed by atoms with Crippen molar-refractivity contribution < 1.29 is 27.2 Å². The number of nitrogens with zero attached hydrogens (tertiary/aromatic N) is 2. The first-order chi connectivity index (χ1) is 13.3. The molecular formula is C19H16F3N3O3. The van der Waals surface area contributed by atoms with Crippen LogP contribution in [0.4, 0.5) is 18.9 Å². The minimum Gasteiger partial charge on any atom is -0.497 e. The Bertz CT molecular complexity index is 953. The Morgan fingerprint density at radius 1 is 1.18 bits per heavy atom. The molecule has 0 aliphatic rings. The summed E-state index contributed by atoms with van der Waals surface area (Å²) in [5.74, 6) is 0.615. The average molecular weight is 391 g/mol. The van der Waals surface area contributed by atoms with Crippen LogP contribution in [0.2, 0.25) is 0 Å². The fourth-order valence-corrected chi connectivity index (χ4v) is 2.43. The molecule has 28 heavy (non-hydrogen) atoms. The molecule has 1 N–H and O–H groups in total. The van der Waals surface area contributed by atoms with Gasteiger partial charge < -0.3 is 14.6 Å². The maximum absolute atomic E-state index is 12.8. The van der Waals surface area contributed by atoms with Gasteiger partial charge in [-0.1, -0.05) is 17.3 Å². The van der Waals surface area contributed by atoms with Crippen molar-refractivity contribution in [2.75, 3.05) is 12.4 Å². The Hall–Kier alpha value is -3.36. The van der Waals surface area contributed by atoms with Gasteiger partial charge in [-0.05, 0) is 36.4 Å². The molecule has 0 unspecified atom stereocenters. The van der Waals surface area contributed by atoms with Gasteiger partial charge in [0.2, 0.25) is 17.6 Å². The molecule has 0 fully saturated rings. The van der Waals surface area contributed by atoms with Gasteiger partial charge in [0.1, 0.15) is 5.75 Å². The first-order valence-electron chi connectivity index (χ1n) is 8.29. The van der Waals surface area contributed by atoms with E-state index in [1.165, 1.54) is 12.1 Å². The van der Waals surface area contributed by atoms with Crippen LogP contribution in [0.1, 0.15) is 17.9 Å². The normalized spacial score (nSPS) is 11.3. The second kappa shape index (κ2) is 8.12. The number of rotatable bonds is 6. The Kier molecular flexibility index (Phi) is 5.62. The van der Waals surface area contributed by atoms with Crippen molar-refractivity contribution in [3.05, 3.63) is 60.0 Å². The molecule has 1 heterocycles. The fraction of sp³-hybridized carbons (Fsp3) is 0.211. The third kappa shape index (κ3) is 4.87. The first kappa shape index (κ1) is 19.4. The predicted molar refractivity (Wildman–Crippen MR) is 94.7 cm³/mol. The molecule has 0 aliphatic carbocycles. The highest BCUT2D eigenvalue weighted by Crippen LogP contribution is 2.31. The second-order valence-electron chi connectivity index (χ2n) is 5.87. The Morgan fingerprint density at radius 2 is 1.93 bits per heavy atom. The summed E-state index contributed by atoms with van der Waals surface area (Å²) in [7, 11) is 1.55. The van der Waals surface area contributed by atoms with Crippen molar-refractivity contribution in [2.24, 2.45) is 0 Å². The highest BCUT2D eigenvalue weighted by Gasteiger charge is 2.30. The molecule has 0 bridgehead atoms. The first-order valence-corrected chi connectivity index (χ1v) is 8.29. The van der Waals surface area contributed by atoms with Gasteiger partial charge in [-0.15, -0.1) is 0 Å². The number of methoxy groups -OCH3 is 1. The number of amides is 1. The number of nitrogens with one attached hydrogen (secondary N) is 1. The van der Waals surface area contributed by atoms with Gasteiger partial charge in [0.05, 0.1) is 12.7 Å².